The minimum atomic E-state index is -0.704. The Labute approximate surface area is 200 Å². The monoisotopic (exact) mass is 486 g/mol. The lowest BCUT2D eigenvalue weighted by Gasteiger charge is -2.22. The minimum Gasteiger partial charge on any atom is -0.383 e. The summed E-state index contributed by atoms with van der Waals surface area (Å²) in [4.78, 5) is 27.1. The van der Waals surface area contributed by atoms with Crippen molar-refractivity contribution in [2.75, 3.05) is 37.5 Å². The van der Waals surface area contributed by atoms with Gasteiger partial charge in [0.2, 0.25) is 11.8 Å². The molecule has 1 aromatic heterocycles. The number of nitrogens with one attached hydrogen (secondary N) is 1. The molecule has 4 rings (SSSR count). The molecule has 7 nitrogen and oxygen atoms in total. The lowest BCUT2D eigenvalue weighted by molar-refractivity contribution is -0.123. The molecular weight excluding hydrogens is 462 g/mol. The third-order valence-electron chi connectivity index (χ3n) is 5.47. The number of fused-ring (bicyclic) bond motifs is 1. The number of benzene rings is 2. The van der Waals surface area contributed by atoms with Crippen LogP contribution in [0.15, 0.2) is 48.5 Å². The highest BCUT2D eigenvalue weighted by molar-refractivity contribution is 8.00. The first-order valence-corrected chi connectivity index (χ1v) is 11.7. The average Bonchev–Trinajstić information content (AvgIpc) is 3.08. The molecule has 10 heteroatoms. The second-order valence-electron chi connectivity index (χ2n) is 7.76. The smallest absolute Gasteiger partial charge is 0.240 e. The molecule has 3 aromatic rings. The van der Waals surface area contributed by atoms with Gasteiger partial charge in [-0.3, -0.25) is 19.2 Å². The van der Waals surface area contributed by atoms with Crippen molar-refractivity contribution >= 4 is 29.4 Å². The van der Waals surface area contributed by atoms with Crippen LogP contribution >= 0.6 is 11.8 Å². The van der Waals surface area contributed by atoms with E-state index in [2.05, 4.69) is 10.4 Å². The number of carbonyl (C=O) groups is 2. The van der Waals surface area contributed by atoms with Crippen LogP contribution in [0.1, 0.15) is 16.4 Å². The highest BCUT2D eigenvalue weighted by Crippen LogP contribution is 2.48. The van der Waals surface area contributed by atoms with E-state index in [4.69, 9.17) is 4.74 Å². The van der Waals surface area contributed by atoms with Crippen LogP contribution in [0.4, 0.5) is 14.6 Å². The SMILES string of the molecule is COCCNC(=O)CN1C(=O)CSC(c2ccc(F)cc2F)c2c(-c3ccccc3)nn(C)c21. The molecule has 0 bridgehead atoms. The quantitative estimate of drug-likeness (QED) is 0.519. The number of aryl methyl sites for hydroxylation is 1. The summed E-state index contributed by atoms with van der Waals surface area (Å²) >= 11 is 1.22. The molecule has 1 aliphatic rings. The van der Waals surface area contributed by atoms with Gasteiger partial charge in [-0.2, -0.15) is 5.10 Å². The maximum absolute atomic E-state index is 14.9. The fourth-order valence-electron chi connectivity index (χ4n) is 3.95. The summed E-state index contributed by atoms with van der Waals surface area (Å²) in [5.74, 6) is -1.62. The van der Waals surface area contributed by atoms with Gasteiger partial charge in [0.05, 0.1) is 23.3 Å². The molecule has 0 spiro atoms. The number of carbonyl (C=O) groups excluding carboxylic acids is 2. The summed E-state index contributed by atoms with van der Waals surface area (Å²) in [5, 5.41) is 6.74. The standard InChI is InChI=1S/C24H24F2N4O3S/c1-29-24-21(22(28-29)15-6-4-3-5-7-15)23(17-9-8-16(25)12-18(17)26)34-14-20(32)30(24)13-19(31)27-10-11-33-2/h3-9,12,23H,10-11,13-14H2,1-2H3,(H,27,31). The number of amides is 2. The van der Waals surface area contributed by atoms with Gasteiger partial charge in [-0.1, -0.05) is 36.4 Å². The molecule has 1 atom stereocenters. The molecule has 2 heterocycles. The first-order valence-electron chi connectivity index (χ1n) is 10.7. The summed E-state index contributed by atoms with van der Waals surface area (Å²) in [6.45, 7) is 0.433. The van der Waals surface area contributed by atoms with Crippen molar-refractivity contribution in [3.8, 4) is 11.3 Å². The van der Waals surface area contributed by atoms with Gasteiger partial charge in [0.1, 0.15) is 24.0 Å². The summed E-state index contributed by atoms with van der Waals surface area (Å²) < 4.78 is 35.1. The maximum Gasteiger partial charge on any atom is 0.240 e. The van der Waals surface area contributed by atoms with E-state index in [-0.39, 0.29) is 29.7 Å². The highest BCUT2D eigenvalue weighted by atomic mass is 32.2. The molecule has 0 aliphatic carbocycles. The molecule has 34 heavy (non-hydrogen) atoms. The van der Waals surface area contributed by atoms with Crippen molar-refractivity contribution in [1.29, 1.82) is 0 Å². The highest BCUT2D eigenvalue weighted by Gasteiger charge is 2.37. The topological polar surface area (TPSA) is 76.5 Å². The Morgan fingerprint density at radius 3 is 2.71 bits per heavy atom. The predicted octanol–water partition coefficient (Wildman–Crippen LogP) is 3.30. The maximum atomic E-state index is 14.9. The van der Waals surface area contributed by atoms with Gasteiger partial charge in [0.15, 0.2) is 0 Å². The Morgan fingerprint density at radius 1 is 1.24 bits per heavy atom. The second-order valence-corrected chi connectivity index (χ2v) is 8.85. The summed E-state index contributed by atoms with van der Waals surface area (Å²) in [5.41, 5.74) is 2.20. The number of thioether (sulfide) groups is 1. The first-order chi connectivity index (χ1) is 16.4. The number of hydrogen-bond acceptors (Lipinski definition) is 5. The lowest BCUT2D eigenvalue weighted by Crippen LogP contribution is -2.43. The molecule has 0 saturated carbocycles. The normalized spacial score (nSPS) is 15.7. The molecule has 1 aliphatic heterocycles. The lowest BCUT2D eigenvalue weighted by atomic mass is 9.99. The van der Waals surface area contributed by atoms with E-state index in [1.807, 2.05) is 30.3 Å². The molecule has 1 unspecified atom stereocenters. The van der Waals surface area contributed by atoms with E-state index in [1.165, 1.54) is 40.6 Å². The molecule has 1 N–H and O–H groups in total. The zero-order valence-corrected chi connectivity index (χ0v) is 19.6. The molecular formula is C24H24F2N4O3S. The Balaban J connectivity index is 1.85. The Kier molecular flexibility index (Phi) is 7.28. The summed E-state index contributed by atoms with van der Waals surface area (Å²) in [7, 11) is 3.21. The van der Waals surface area contributed by atoms with E-state index in [0.29, 0.717) is 30.2 Å². The number of nitrogens with zero attached hydrogens (tertiary/aromatic N) is 3. The van der Waals surface area contributed by atoms with E-state index >= 15 is 0 Å². The molecule has 0 fully saturated rings. The number of methoxy groups -OCH3 is 1. The van der Waals surface area contributed by atoms with Gasteiger partial charge >= 0.3 is 0 Å². The molecule has 0 saturated heterocycles. The largest absolute Gasteiger partial charge is 0.383 e. The van der Waals surface area contributed by atoms with E-state index in [0.717, 1.165) is 11.6 Å². The van der Waals surface area contributed by atoms with Crippen LogP contribution in [-0.2, 0) is 21.4 Å². The summed E-state index contributed by atoms with van der Waals surface area (Å²) in [6, 6.07) is 12.8. The average molecular weight is 487 g/mol. The van der Waals surface area contributed by atoms with Gasteiger partial charge in [-0.25, -0.2) is 8.78 Å². The Bertz CT molecular complexity index is 1200. The van der Waals surface area contributed by atoms with Crippen LogP contribution < -0.4 is 10.2 Å². The number of rotatable bonds is 7. The van der Waals surface area contributed by atoms with Gasteiger partial charge in [0, 0.05) is 43.5 Å². The fourth-order valence-corrected chi connectivity index (χ4v) is 5.17. The van der Waals surface area contributed by atoms with Crippen molar-refractivity contribution in [3.05, 3.63) is 71.3 Å². The van der Waals surface area contributed by atoms with Gasteiger partial charge < -0.3 is 10.1 Å². The van der Waals surface area contributed by atoms with Crippen LogP contribution in [0.25, 0.3) is 11.3 Å². The van der Waals surface area contributed by atoms with Crippen LogP contribution in [0.2, 0.25) is 0 Å². The number of halogens is 2. The zero-order chi connectivity index (χ0) is 24.2. The molecule has 2 amide bonds. The van der Waals surface area contributed by atoms with Crippen molar-refractivity contribution in [3.63, 3.8) is 0 Å². The van der Waals surface area contributed by atoms with Crippen LogP contribution in [0.5, 0.6) is 0 Å². The third kappa shape index (κ3) is 4.83. The number of anilines is 1. The van der Waals surface area contributed by atoms with Gasteiger partial charge in [-0.05, 0) is 6.07 Å². The Morgan fingerprint density at radius 2 is 2.00 bits per heavy atom. The zero-order valence-electron chi connectivity index (χ0n) is 18.8. The number of ether oxygens (including phenoxy) is 1. The Hall–Kier alpha value is -3.24. The van der Waals surface area contributed by atoms with E-state index in [1.54, 1.807) is 7.05 Å². The molecule has 2 aromatic carbocycles. The number of aromatic nitrogens is 2. The first kappa shape index (κ1) is 23.9. The van der Waals surface area contributed by atoms with Crippen molar-refractivity contribution in [2.45, 2.75) is 5.25 Å². The van der Waals surface area contributed by atoms with Crippen molar-refractivity contribution in [1.82, 2.24) is 15.1 Å². The van der Waals surface area contributed by atoms with E-state index < -0.39 is 16.9 Å². The van der Waals surface area contributed by atoms with Crippen LogP contribution in [-0.4, -0.2) is 54.2 Å². The summed E-state index contributed by atoms with van der Waals surface area (Å²) in [6.07, 6.45) is 0. The minimum absolute atomic E-state index is 0.00967. The predicted molar refractivity (Wildman–Crippen MR) is 127 cm³/mol. The molecule has 178 valence electrons. The van der Waals surface area contributed by atoms with E-state index in [9.17, 15) is 18.4 Å². The molecule has 0 radical (unpaired) electrons. The number of hydrogen-bond donors (Lipinski definition) is 1. The van der Waals surface area contributed by atoms with Crippen LogP contribution in [0.3, 0.4) is 0 Å². The van der Waals surface area contributed by atoms with Gasteiger partial charge in [-0.15, -0.1) is 11.8 Å². The van der Waals surface area contributed by atoms with Gasteiger partial charge in [0.25, 0.3) is 0 Å². The fraction of sp³-hybridized carbons (Fsp3) is 0.292. The second kappa shape index (κ2) is 10.4. The third-order valence-corrected chi connectivity index (χ3v) is 6.70. The van der Waals surface area contributed by atoms with Crippen LogP contribution in [0, 0.1) is 11.6 Å². The van der Waals surface area contributed by atoms with Crippen molar-refractivity contribution in [2.24, 2.45) is 7.05 Å². The van der Waals surface area contributed by atoms with Crippen molar-refractivity contribution < 1.29 is 23.1 Å².